The molecule has 106 valence electrons. The summed E-state index contributed by atoms with van der Waals surface area (Å²) in [6.45, 7) is 7.37. The van der Waals surface area contributed by atoms with Crippen LogP contribution in [0.25, 0.3) is 0 Å². The molecule has 0 saturated carbocycles. The van der Waals surface area contributed by atoms with Crippen molar-refractivity contribution < 1.29 is 0 Å². The minimum Gasteiger partial charge on any atom is -0.389 e. The van der Waals surface area contributed by atoms with E-state index in [1.807, 2.05) is 12.1 Å². The van der Waals surface area contributed by atoms with Gasteiger partial charge in [0, 0.05) is 24.3 Å². The molecule has 0 heterocycles. The second kappa shape index (κ2) is 7.46. The normalized spacial score (nSPS) is 10.8. The summed E-state index contributed by atoms with van der Waals surface area (Å²) in [5, 5.41) is 0. The minimum atomic E-state index is 0.477. The summed E-state index contributed by atoms with van der Waals surface area (Å²) < 4.78 is 0. The van der Waals surface area contributed by atoms with E-state index in [4.69, 9.17) is 18.0 Å². The van der Waals surface area contributed by atoms with Crippen molar-refractivity contribution in [2.45, 2.75) is 20.3 Å². The third-order valence-corrected chi connectivity index (χ3v) is 3.45. The molecule has 1 rings (SSSR count). The van der Waals surface area contributed by atoms with Crippen LogP contribution in [0.1, 0.15) is 24.5 Å². The van der Waals surface area contributed by atoms with Crippen LogP contribution >= 0.6 is 12.2 Å². The molecule has 0 bridgehead atoms. The molecule has 4 heteroatoms. The number of benzene rings is 1. The molecule has 0 atom stereocenters. The zero-order valence-corrected chi connectivity index (χ0v) is 13.3. The Morgan fingerprint density at radius 2 is 1.95 bits per heavy atom. The largest absolute Gasteiger partial charge is 0.389 e. The van der Waals surface area contributed by atoms with E-state index >= 15 is 0 Å². The van der Waals surface area contributed by atoms with Gasteiger partial charge in [0.15, 0.2) is 0 Å². The fourth-order valence-electron chi connectivity index (χ4n) is 2.28. The van der Waals surface area contributed by atoms with Gasteiger partial charge in [0.05, 0.1) is 0 Å². The Morgan fingerprint density at radius 1 is 1.26 bits per heavy atom. The van der Waals surface area contributed by atoms with Crippen molar-refractivity contribution in [2.75, 3.05) is 38.6 Å². The highest BCUT2D eigenvalue weighted by atomic mass is 32.1. The number of anilines is 1. The highest BCUT2D eigenvalue weighted by Crippen LogP contribution is 2.25. The quantitative estimate of drug-likeness (QED) is 0.777. The summed E-state index contributed by atoms with van der Waals surface area (Å²) >= 11 is 5.17. The number of nitrogens with zero attached hydrogens (tertiary/aromatic N) is 2. The first-order valence-electron chi connectivity index (χ1n) is 6.76. The molecule has 0 spiro atoms. The first-order chi connectivity index (χ1) is 8.97. The molecule has 0 aromatic heterocycles. The van der Waals surface area contributed by atoms with Gasteiger partial charge in [0.25, 0.3) is 0 Å². The topological polar surface area (TPSA) is 32.5 Å². The van der Waals surface area contributed by atoms with Gasteiger partial charge in [0.2, 0.25) is 0 Å². The maximum Gasteiger partial charge on any atom is 0.106 e. The highest BCUT2D eigenvalue weighted by molar-refractivity contribution is 7.80. The lowest BCUT2D eigenvalue weighted by atomic mass is 10.1. The molecule has 1 aromatic rings. The van der Waals surface area contributed by atoms with E-state index in [2.05, 4.69) is 43.8 Å². The zero-order chi connectivity index (χ0) is 14.4. The molecule has 0 unspecified atom stereocenters. The molecule has 0 amide bonds. The molecular weight excluding hydrogens is 254 g/mol. The van der Waals surface area contributed by atoms with E-state index in [0.29, 0.717) is 4.99 Å². The number of nitrogens with two attached hydrogens (primary N) is 1. The maximum absolute atomic E-state index is 5.85. The van der Waals surface area contributed by atoms with Crippen LogP contribution in [0.3, 0.4) is 0 Å². The summed E-state index contributed by atoms with van der Waals surface area (Å²) in [4.78, 5) is 5.05. The van der Waals surface area contributed by atoms with E-state index in [-0.39, 0.29) is 0 Å². The average Bonchev–Trinajstić information content (AvgIpc) is 2.34. The standard InChI is InChI=1S/C15H25N3S/c1-5-18(11-7-10-17(3)4)14-12(2)8-6-9-13(14)15(16)19/h6,8-9H,5,7,10-11H2,1-4H3,(H2,16,19). The van der Waals surface area contributed by atoms with Gasteiger partial charge in [-0.3, -0.25) is 0 Å². The van der Waals surface area contributed by atoms with Gasteiger partial charge < -0.3 is 15.5 Å². The molecule has 0 radical (unpaired) electrons. The Kier molecular flexibility index (Phi) is 6.25. The maximum atomic E-state index is 5.85. The van der Waals surface area contributed by atoms with Crippen molar-refractivity contribution in [3.8, 4) is 0 Å². The van der Waals surface area contributed by atoms with Crippen molar-refractivity contribution in [3.05, 3.63) is 29.3 Å². The minimum absolute atomic E-state index is 0.477. The van der Waals surface area contributed by atoms with E-state index in [0.717, 1.165) is 31.6 Å². The number of hydrogen-bond acceptors (Lipinski definition) is 3. The van der Waals surface area contributed by atoms with Crippen LogP contribution in [0.4, 0.5) is 5.69 Å². The SMILES string of the molecule is CCN(CCCN(C)C)c1c(C)cccc1C(N)=S. The summed E-state index contributed by atoms with van der Waals surface area (Å²) in [5.41, 5.74) is 9.26. The van der Waals surface area contributed by atoms with Gasteiger partial charge in [-0.25, -0.2) is 0 Å². The number of hydrogen-bond donors (Lipinski definition) is 1. The molecule has 0 fully saturated rings. The predicted octanol–water partition coefficient (Wildman–Crippen LogP) is 2.41. The highest BCUT2D eigenvalue weighted by Gasteiger charge is 2.13. The summed E-state index contributed by atoms with van der Waals surface area (Å²) in [6, 6.07) is 6.14. The molecule has 3 nitrogen and oxygen atoms in total. The zero-order valence-electron chi connectivity index (χ0n) is 12.4. The molecular formula is C15H25N3S. The van der Waals surface area contributed by atoms with Crippen LogP contribution in [0.2, 0.25) is 0 Å². The van der Waals surface area contributed by atoms with Crippen LogP contribution in [0.5, 0.6) is 0 Å². The van der Waals surface area contributed by atoms with E-state index < -0.39 is 0 Å². The Bertz CT molecular complexity index is 429. The third-order valence-electron chi connectivity index (χ3n) is 3.23. The van der Waals surface area contributed by atoms with Crippen molar-refractivity contribution in [3.63, 3.8) is 0 Å². The van der Waals surface area contributed by atoms with Gasteiger partial charge in [-0.2, -0.15) is 0 Å². The lowest BCUT2D eigenvalue weighted by molar-refractivity contribution is 0.400. The first kappa shape index (κ1) is 15.9. The first-order valence-corrected chi connectivity index (χ1v) is 7.17. The summed E-state index contributed by atoms with van der Waals surface area (Å²) in [7, 11) is 4.20. The smallest absolute Gasteiger partial charge is 0.106 e. The fraction of sp³-hybridized carbons (Fsp3) is 0.533. The average molecular weight is 279 g/mol. The number of thiocarbonyl (C=S) groups is 1. The molecule has 1 aromatic carbocycles. The van der Waals surface area contributed by atoms with Gasteiger partial charge in [-0.15, -0.1) is 0 Å². The molecule has 19 heavy (non-hydrogen) atoms. The summed E-state index contributed by atoms with van der Waals surface area (Å²) in [6.07, 6.45) is 1.13. The van der Waals surface area contributed by atoms with Gasteiger partial charge in [-0.1, -0.05) is 24.4 Å². The van der Waals surface area contributed by atoms with E-state index in [1.54, 1.807) is 0 Å². The third kappa shape index (κ3) is 4.48. The lowest BCUT2D eigenvalue weighted by Gasteiger charge is -2.28. The van der Waals surface area contributed by atoms with Crippen molar-refractivity contribution in [1.29, 1.82) is 0 Å². The van der Waals surface area contributed by atoms with Crippen molar-refractivity contribution >= 4 is 22.9 Å². The van der Waals surface area contributed by atoms with Crippen molar-refractivity contribution in [2.24, 2.45) is 5.73 Å². The molecule has 2 N–H and O–H groups in total. The predicted molar refractivity (Wildman–Crippen MR) is 88.1 cm³/mol. The molecule has 0 aliphatic heterocycles. The van der Waals surface area contributed by atoms with Crippen LogP contribution in [-0.4, -0.2) is 43.6 Å². The summed E-state index contributed by atoms with van der Waals surface area (Å²) in [5.74, 6) is 0. The van der Waals surface area contributed by atoms with Crippen LogP contribution in [0, 0.1) is 6.92 Å². The van der Waals surface area contributed by atoms with Crippen LogP contribution in [0.15, 0.2) is 18.2 Å². The van der Waals surface area contributed by atoms with Crippen LogP contribution in [-0.2, 0) is 0 Å². The Morgan fingerprint density at radius 3 is 2.47 bits per heavy atom. The second-order valence-electron chi connectivity index (χ2n) is 5.07. The van der Waals surface area contributed by atoms with Gasteiger partial charge >= 0.3 is 0 Å². The molecule has 0 saturated heterocycles. The second-order valence-corrected chi connectivity index (χ2v) is 5.51. The van der Waals surface area contributed by atoms with Crippen molar-refractivity contribution in [1.82, 2.24) is 4.90 Å². The van der Waals surface area contributed by atoms with Crippen LogP contribution < -0.4 is 10.6 Å². The number of aryl methyl sites for hydroxylation is 1. The Balaban J connectivity index is 2.94. The number of para-hydroxylation sites is 1. The van der Waals surface area contributed by atoms with E-state index in [1.165, 1.54) is 11.3 Å². The molecule has 0 aliphatic carbocycles. The fourth-order valence-corrected chi connectivity index (χ4v) is 2.45. The Hall–Kier alpha value is -1.13. The van der Waals surface area contributed by atoms with Gasteiger partial charge in [-0.05, 0) is 52.5 Å². The Labute approximate surface area is 122 Å². The lowest BCUT2D eigenvalue weighted by Crippen LogP contribution is -2.29. The monoisotopic (exact) mass is 279 g/mol. The van der Waals surface area contributed by atoms with E-state index in [9.17, 15) is 0 Å². The number of rotatable bonds is 7. The molecule has 0 aliphatic rings. The van der Waals surface area contributed by atoms with Gasteiger partial charge in [0.1, 0.15) is 4.99 Å².